The normalized spacial score (nSPS) is 20.1. The Balaban J connectivity index is 2.17. The maximum atomic E-state index is 13.6. The first-order valence-corrected chi connectivity index (χ1v) is 8.07. The summed E-state index contributed by atoms with van der Waals surface area (Å²) in [6, 6.07) is 0. The van der Waals surface area contributed by atoms with Gasteiger partial charge in [0.25, 0.3) is 0 Å². The van der Waals surface area contributed by atoms with Crippen molar-refractivity contribution >= 4 is 5.69 Å². The molecule has 0 radical (unpaired) electrons. The highest BCUT2D eigenvalue weighted by molar-refractivity contribution is 5.47. The van der Waals surface area contributed by atoms with Crippen LogP contribution < -0.4 is 4.90 Å². The topological polar surface area (TPSA) is 49.2 Å². The molecule has 0 amide bonds. The van der Waals surface area contributed by atoms with Crippen LogP contribution in [-0.2, 0) is 0 Å². The second kappa shape index (κ2) is 7.68. The molecule has 2 rings (SSSR count). The Hall–Kier alpha value is -1.75. The Morgan fingerprint density at radius 2 is 2.17 bits per heavy atom. The van der Waals surface area contributed by atoms with Gasteiger partial charge in [0.15, 0.2) is 0 Å². The lowest BCUT2D eigenvalue weighted by Gasteiger charge is -2.34. The van der Waals surface area contributed by atoms with Crippen LogP contribution in [0.5, 0.6) is 0 Å². The van der Waals surface area contributed by atoms with Crippen LogP contribution in [0.4, 0.5) is 10.1 Å². The van der Waals surface area contributed by atoms with Gasteiger partial charge in [0, 0.05) is 26.6 Å². The molecule has 1 aliphatic rings. The summed E-state index contributed by atoms with van der Waals surface area (Å²) in [5.41, 5.74) is 1.90. The van der Waals surface area contributed by atoms with Crippen LogP contribution in [0.1, 0.15) is 24.9 Å². The monoisotopic (exact) mass is 319 g/mol. The Morgan fingerprint density at radius 1 is 1.43 bits per heavy atom. The minimum absolute atomic E-state index is 0.0877. The van der Waals surface area contributed by atoms with Crippen LogP contribution in [0.3, 0.4) is 0 Å². The van der Waals surface area contributed by atoms with Crippen molar-refractivity contribution in [2.45, 2.75) is 27.2 Å². The number of aromatic nitrogens is 2. The number of anilines is 1. The number of allylic oxidation sites excluding steroid dienone is 4. The van der Waals surface area contributed by atoms with Crippen molar-refractivity contribution in [3.8, 4) is 0 Å². The third-order valence-corrected chi connectivity index (χ3v) is 4.60. The van der Waals surface area contributed by atoms with Gasteiger partial charge in [0.1, 0.15) is 11.7 Å². The molecular weight excluding hydrogens is 293 g/mol. The van der Waals surface area contributed by atoms with E-state index < -0.39 is 0 Å². The van der Waals surface area contributed by atoms with E-state index in [1.807, 2.05) is 40.1 Å². The lowest BCUT2D eigenvalue weighted by atomic mass is 9.78. The molecule has 3 atom stereocenters. The van der Waals surface area contributed by atoms with Crippen LogP contribution in [0.15, 0.2) is 30.3 Å². The van der Waals surface area contributed by atoms with E-state index in [9.17, 15) is 9.50 Å². The molecular formula is C18H26FN3O. The molecule has 2 unspecified atom stereocenters. The van der Waals surface area contributed by atoms with Crippen molar-refractivity contribution in [1.29, 1.82) is 0 Å². The average Bonchev–Trinajstić information content (AvgIpc) is 2.51. The van der Waals surface area contributed by atoms with Gasteiger partial charge in [-0.3, -0.25) is 0 Å². The molecule has 1 N–H and O–H groups in total. The summed E-state index contributed by atoms with van der Waals surface area (Å²) >= 11 is 0. The summed E-state index contributed by atoms with van der Waals surface area (Å²) in [7, 11) is 2.00. The second-order valence-corrected chi connectivity index (χ2v) is 6.46. The van der Waals surface area contributed by atoms with Gasteiger partial charge in [0.05, 0.1) is 17.6 Å². The lowest BCUT2D eigenvalue weighted by Crippen LogP contribution is -2.35. The summed E-state index contributed by atoms with van der Waals surface area (Å²) in [5.74, 6) is 0.995. The SMILES string of the molecule is Cc1ncc(N(C)CC(C2C=CC=C(F)C2)[C@@H](C)CO)c(C)n1. The Morgan fingerprint density at radius 3 is 2.78 bits per heavy atom. The first-order chi connectivity index (χ1) is 10.9. The fourth-order valence-electron chi connectivity index (χ4n) is 3.20. The lowest BCUT2D eigenvalue weighted by molar-refractivity contribution is 0.162. The molecule has 1 aromatic rings. The standard InChI is InChI=1S/C18H26FN3O/c1-12(11-23)17(15-6-5-7-16(19)8-15)10-22(4)18-9-20-14(3)21-13(18)2/h5-7,9,12,15,17,23H,8,10-11H2,1-4H3/t12-,15?,17?/m0/s1. The summed E-state index contributed by atoms with van der Waals surface area (Å²) in [4.78, 5) is 10.8. The predicted molar refractivity (Wildman–Crippen MR) is 91.0 cm³/mol. The van der Waals surface area contributed by atoms with Gasteiger partial charge in [-0.25, -0.2) is 14.4 Å². The number of rotatable bonds is 6. The third-order valence-electron chi connectivity index (χ3n) is 4.60. The number of halogens is 1. The van der Waals surface area contributed by atoms with Crippen molar-refractivity contribution in [3.63, 3.8) is 0 Å². The number of hydrogen-bond donors (Lipinski definition) is 1. The van der Waals surface area contributed by atoms with Crippen molar-refractivity contribution in [3.05, 3.63) is 41.8 Å². The van der Waals surface area contributed by atoms with Crippen molar-refractivity contribution < 1.29 is 9.50 Å². The molecule has 0 saturated heterocycles. The molecule has 1 aliphatic carbocycles. The van der Waals surface area contributed by atoms with Crippen LogP contribution in [0.2, 0.25) is 0 Å². The molecule has 126 valence electrons. The molecule has 5 heteroatoms. The number of nitrogens with zero attached hydrogens (tertiary/aromatic N) is 3. The highest BCUT2D eigenvalue weighted by Gasteiger charge is 2.28. The minimum Gasteiger partial charge on any atom is -0.396 e. The molecule has 0 bridgehead atoms. The summed E-state index contributed by atoms with van der Waals surface area (Å²) < 4.78 is 13.6. The number of aliphatic hydroxyl groups excluding tert-OH is 1. The average molecular weight is 319 g/mol. The first-order valence-electron chi connectivity index (χ1n) is 8.07. The molecule has 0 saturated carbocycles. The number of hydrogen-bond acceptors (Lipinski definition) is 4. The highest BCUT2D eigenvalue weighted by atomic mass is 19.1. The van der Waals surface area contributed by atoms with Crippen LogP contribution in [0, 0.1) is 31.6 Å². The van der Waals surface area contributed by atoms with Gasteiger partial charge < -0.3 is 10.0 Å². The van der Waals surface area contributed by atoms with Crippen molar-refractivity contribution in [1.82, 2.24) is 9.97 Å². The first kappa shape index (κ1) is 17.6. The Labute approximate surface area is 137 Å². The third kappa shape index (κ3) is 4.38. The summed E-state index contributed by atoms with van der Waals surface area (Å²) in [5, 5.41) is 9.60. The molecule has 4 nitrogen and oxygen atoms in total. The van der Waals surface area contributed by atoms with Gasteiger partial charge in [-0.2, -0.15) is 0 Å². The number of aryl methyl sites for hydroxylation is 2. The van der Waals surface area contributed by atoms with Gasteiger partial charge in [-0.1, -0.05) is 19.1 Å². The van der Waals surface area contributed by atoms with Crippen LogP contribution in [0.25, 0.3) is 0 Å². The molecule has 0 fully saturated rings. The van der Waals surface area contributed by atoms with Gasteiger partial charge in [-0.05, 0) is 37.7 Å². The zero-order valence-electron chi connectivity index (χ0n) is 14.3. The quantitative estimate of drug-likeness (QED) is 0.875. The van der Waals surface area contributed by atoms with E-state index in [2.05, 4.69) is 14.9 Å². The zero-order chi connectivity index (χ0) is 17.0. The Kier molecular flexibility index (Phi) is 5.88. The molecule has 0 aromatic carbocycles. The second-order valence-electron chi connectivity index (χ2n) is 6.46. The summed E-state index contributed by atoms with van der Waals surface area (Å²) in [6.07, 6.45) is 7.57. The molecule has 0 spiro atoms. The maximum Gasteiger partial charge on any atom is 0.125 e. The largest absolute Gasteiger partial charge is 0.396 e. The summed E-state index contributed by atoms with van der Waals surface area (Å²) in [6.45, 7) is 6.67. The van der Waals surface area contributed by atoms with Crippen molar-refractivity contribution in [2.75, 3.05) is 25.1 Å². The maximum absolute atomic E-state index is 13.6. The van der Waals surface area contributed by atoms with Gasteiger partial charge in [0.2, 0.25) is 0 Å². The fourth-order valence-corrected chi connectivity index (χ4v) is 3.20. The number of aliphatic hydroxyl groups is 1. The van der Waals surface area contributed by atoms with E-state index >= 15 is 0 Å². The molecule has 0 aliphatic heterocycles. The predicted octanol–water partition coefficient (Wildman–Crippen LogP) is 3.20. The van der Waals surface area contributed by atoms with Crippen LogP contribution >= 0.6 is 0 Å². The van der Waals surface area contributed by atoms with E-state index in [1.165, 1.54) is 6.08 Å². The van der Waals surface area contributed by atoms with Gasteiger partial charge in [-0.15, -0.1) is 0 Å². The fraction of sp³-hybridized carbons (Fsp3) is 0.556. The van der Waals surface area contributed by atoms with E-state index in [1.54, 1.807) is 6.08 Å². The minimum atomic E-state index is -0.0925. The Bertz CT molecular complexity index is 600. The van der Waals surface area contributed by atoms with E-state index in [-0.39, 0.29) is 30.2 Å². The van der Waals surface area contributed by atoms with Crippen molar-refractivity contribution in [2.24, 2.45) is 17.8 Å². The molecule has 1 heterocycles. The highest BCUT2D eigenvalue weighted by Crippen LogP contribution is 2.32. The zero-order valence-corrected chi connectivity index (χ0v) is 14.3. The molecule has 23 heavy (non-hydrogen) atoms. The smallest absolute Gasteiger partial charge is 0.125 e. The van der Waals surface area contributed by atoms with E-state index in [0.717, 1.165) is 23.8 Å². The van der Waals surface area contributed by atoms with Crippen LogP contribution in [-0.4, -0.2) is 35.3 Å². The van der Waals surface area contributed by atoms with E-state index in [4.69, 9.17) is 0 Å². The van der Waals surface area contributed by atoms with Gasteiger partial charge >= 0.3 is 0 Å². The molecule has 1 aromatic heterocycles. The van der Waals surface area contributed by atoms with E-state index in [0.29, 0.717) is 6.42 Å².